The summed E-state index contributed by atoms with van der Waals surface area (Å²) in [6, 6.07) is 101. The van der Waals surface area contributed by atoms with Crippen LogP contribution in [-0.4, -0.2) is 4.57 Å². The molecule has 3 nitrogen and oxygen atoms in total. The zero-order chi connectivity index (χ0) is 49.4. The molecule has 0 aliphatic carbocycles. The third-order valence-corrected chi connectivity index (χ3v) is 15.3. The molecule has 0 amide bonds. The number of benzene rings is 13. The Hall–Kier alpha value is -9.96. The molecule has 13 aromatic carbocycles. The standard InChI is InChI=1S/C72H46N2O/c1-3-14-47(15-4-1)51-20-11-21-52(40-51)53-22-12-23-60(41-53)74-69-45-58(34-39-71(69)75-72-46-55-19-8-7-18-54(55)44-70(72)74)57-33-38-68-66(43-57)64-24-9-10-27-67(64)73(68)59-35-30-48(31-36-59)56-29-28-50-32-37-63-61(49-16-5-2-6-17-49)25-13-26-62(63)65(50)42-56/h1-46H. The van der Waals surface area contributed by atoms with E-state index < -0.39 is 0 Å². The van der Waals surface area contributed by atoms with E-state index in [0.717, 1.165) is 67.2 Å². The van der Waals surface area contributed by atoms with Gasteiger partial charge in [-0.15, -0.1) is 0 Å². The van der Waals surface area contributed by atoms with Crippen LogP contribution in [0, 0.1) is 0 Å². The second-order valence-corrected chi connectivity index (χ2v) is 19.7. The second kappa shape index (κ2) is 17.4. The van der Waals surface area contributed by atoms with Crippen LogP contribution in [0.3, 0.4) is 0 Å². The van der Waals surface area contributed by atoms with Crippen LogP contribution in [0.15, 0.2) is 279 Å². The number of aromatic nitrogens is 1. The van der Waals surface area contributed by atoms with Crippen molar-refractivity contribution in [1.82, 2.24) is 4.57 Å². The van der Waals surface area contributed by atoms with Crippen LogP contribution in [0.1, 0.15) is 0 Å². The van der Waals surface area contributed by atoms with Gasteiger partial charge in [-0.3, -0.25) is 0 Å². The van der Waals surface area contributed by atoms with Gasteiger partial charge in [0.2, 0.25) is 0 Å². The maximum absolute atomic E-state index is 6.83. The summed E-state index contributed by atoms with van der Waals surface area (Å²) >= 11 is 0. The average Bonchev–Trinajstić information content (AvgIpc) is 3.83. The van der Waals surface area contributed by atoms with Gasteiger partial charge in [0.25, 0.3) is 0 Å². The van der Waals surface area contributed by atoms with Gasteiger partial charge in [-0.05, 0) is 167 Å². The van der Waals surface area contributed by atoms with Crippen LogP contribution in [0.5, 0.6) is 11.5 Å². The number of rotatable bonds is 7. The summed E-state index contributed by atoms with van der Waals surface area (Å²) < 4.78 is 9.24. The monoisotopic (exact) mass is 954 g/mol. The van der Waals surface area contributed by atoms with Gasteiger partial charge >= 0.3 is 0 Å². The number of anilines is 3. The molecule has 0 saturated carbocycles. The minimum Gasteiger partial charge on any atom is -0.453 e. The first-order valence-electron chi connectivity index (χ1n) is 25.7. The van der Waals surface area contributed by atoms with Gasteiger partial charge < -0.3 is 14.2 Å². The maximum atomic E-state index is 6.83. The molecule has 1 aromatic heterocycles. The molecule has 15 rings (SSSR count). The third kappa shape index (κ3) is 7.28. The van der Waals surface area contributed by atoms with Crippen LogP contribution >= 0.6 is 0 Å². The quantitative estimate of drug-likeness (QED) is 0.148. The van der Waals surface area contributed by atoms with Crippen LogP contribution in [0.2, 0.25) is 0 Å². The average molecular weight is 955 g/mol. The highest BCUT2D eigenvalue weighted by Gasteiger charge is 2.28. The number of para-hydroxylation sites is 1. The van der Waals surface area contributed by atoms with E-state index in [0.29, 0.717) is 0 Å². The van der Waals surface area contributed by atoms with E-state index in [1.54, 1.807) is 0 Å². The van der Waals surface area contributed by atoms with Crippen molar-refractivity contribution < 1.29 is 4.74 Å². The normalized spacial score (nSPS) is 12.1. The molecule has 0 spiro atoms. The molecule has 2 heterocycles. The van der Waals surface area contributed by atoms with E-state index in [1.165, 1.54) is 76.8 Å². The van der Waals surface area contributed by atoms with Crippen molar-refractivity contribution >= 4 is 71.2 Å². The first-order valence-corrected chi connectivity index (χ1v) is 25.7. The number of fused-ring (bicyclic) bond motifs is 9. The number of ether oxygens (including phenoxy) is 1. The van der Waals surface area contributed by atoms with Crippen molar-refractivity contribution in [3.8, 4) is 72.8 Å². The summed E-state index contributed by atoms with van der Waals surface area (Å²) in [5.41, 5.74) is 18.3. The first-order chi connectivity index (χ1) is 37.1. The predicted molar refractivity (Wildman–Crippen MR) is 315 cm³/mol. The molecule has 3 heteroatoms. The Balaban J connectivity index is 0.805. The smallest absolute Gasteiger partial charge is 0.152 e. The predicted octanol–water partition coefficient (Wildman–Crippen LogP) is 20.2. The van der Waals surface area contributed by atoms with Crippen molar-refractivity contribution in [3.05, 3.63) is 279 Å². The van der Waals surface area contributed by atoms with Gasteiger partial charge in [0.1, 0.15) is 0 Å². The molecule has 0 saturated heterocycles. The zero-order valence-electron chi connectivity index (χ0n) is 40.9. The summed E-state index contributed by atoms with van der Waals surface area (Å²) in [5, 5.41) is 9.76. The Morgan fingerprint density at radius 1 is 0.240 bits per heavy atom. The lowest BCUT2D eigenvalue weighted by atomic mass is 9.93. The van der Waals surface area contributed by atoms with Crippen molar-refractivity contribution in [3.63, 3.8) is 0 Å². The van der Waals surface area contributed by atoms with E-state index >= 15 is 0 Å². The van der Waals surface area contributed by atoms with Gasteiger partial charge in [0.05, 0.1) is 22.4 Å². The summed E-state index contributed by atoms with van der Waals surface area (Å²) in [6.07, 6.45) is 0. The molecule has 14 aromatic rings. The van der Waals surface area contributed by atoms with Gasteiger partial charge in [0.15, 0.2) is 11.5 Å². The Morgan fingerprint density at radius 2 is 0.787 bits per heavy atom. The van der Waals surface area contributed by atoms with Crippen molar-refractivity contribution in [2.45, 2.75) is 0 Å². The topological polar surface area (TPSA) is 17.4 Å². The fraction of sp³-hybridized carbons (Fsp3) is 0. The van der Waals surface area contributed by atoms with Crippen LogP contribution in [0.25, 0.3) is 115 Å². The fourth-order valence-electron chi connectivity index (χ4n) is 11.7. The van der Waals surface area contributed by atoms with Gasteiger partial charge in [0, 0.05) is 22.1 Å². The van der Waals surface area contributed by atoms with E-state index in [-0.39, 0.29) is 0 Å². The lowest BCUT2D eigenvalue weighted by molar-refractivity contribution is 0.478. The zero-order valence-corrected chi connectivity index (χ0v) is 40.9. The first kappa shape index (κ1) is 42.7. The number of hydrogen-bond acceptors (Lipinski definition) is 2. The molecule has 0 atom stereocenters. The molecular formula is C72H46N2O. The summed E-state index contributed by atoms with van der Waals surface area (Å²) in [6.45, 7) is 0. The van der Waals surface area contributed by atoms with Gasteiger partial charge in [-0.25, -0.2) is 0 Å². The van der Waals surface area contributed by atoms with E-state index in [4.69, 9.17) is 4.74 Å². The van der Waals surface area contributed by atoms with Gasteiger partial charge in [-0.1, -0.05) is 200 Å². The highest BCUT2D eigenvalue weighted by Crippen LogP contribution is 2.53. The molecule has 0 bridgehead atoms. The molecule has 75 heavy (non-hydrogen) atoms. The van der Waals surface area contributed by atoms with E-state index in [1.807, 2.05) is 0 Å². The van der Waals surface area contributed by atoms with Crippen molar-refractivity contribution in [1.29, 1.82) is 0 Å². The molecular weight excluding hydrogens is 909 g/mol. The maximum Gasteiger partial charge on any atom is 0.152 e. The molecule has 0 radical (unpaired) electrons. The highest BCUT2D eigenvalue weighted by molar-refractivity contribution is 6.13. The summed E-state index contributed by atoms with van der Waals surface area (Å²) in [4.78, 5) is 2.38. The Kier molecular flexibility index (Phi) is 9.89. The van der Waals surface area contributed by atoms with Crippen molar-refractivity contribution in [2.24, 2.45) is 0 Å². The summed E-state index contributed by atoms with van der Waals surface area (Å²) in [7, 11) is 0. The minimum absolute atomic E-state index is 0.813. The Labute approximate surface area is 435 Å². The lowest BCUT2D eigenvalue weighted by Gasteiger charge is -2.34. The largest absolute Gasteiger partial charge is 0.453 e. The second-order valence-electron chi connectivity index (χ2n) is 19.7. The molecule has 0 N–H and O–H groups in total. The van der Waals surface area contributed by atoms with Crippen LogP contribution in [0.4, 0.5) is 17.1 Å². The van der Waals surface area contributed by atoms with Crippen molar-refractivity contribution in [2.75, 3.05) is 4.90 Å². The van der Waals surface area contributed by atoms with E-state index in [2.05, 4.69) is 289 Å². The fourth-order valence-corrected chi connectivity index (χ4v) is 11.7. The summed E-state index contributed by atoms with van der Waals surface area (Å²) in [5.74, 6) is 1.64. The molecule has 0 unspecified atom stereocenters. The minimum atomic E-state index is 0.813. The van der Waals surface area contributed by atoms with Crippen LogP contribution in [-0.2, 0) is 0 Å². The van der Waals surface area contributed by atoms with Crippen LogP contribution < -0.4 is 9.64 Å². The third-order valence-electron chi connectivity index (χ3n) is 15.3. The lowest BCUT2D eigenvalue weighted by Crippen LogP contribution is -2.16. The Morgan fingerprint density at radius 3 is 1.63 bits per heavy atom. The SMILES string of the molecule is c1ccc(-c2cccc(-c3cccc(N4c5cc(-c6ccc7c(c6)c6ccccc6n7-c6ccc(-c7ccc8ccc9c(-c%10ccccc%10)cccc9c8c7)cc6)ccc5Oc5cc6ccccc6cc54)c3)c2)cc1. The van der Waals surface area contributed by atoms with E-state index in [9.17, 15) is 0 Å². The van der Waals surface area contributed by atoms with Gasteiger partial charge in [-0.2, -0.15) is 0 Å². The molecule has 350 valence electrons. The molecule has 1 aliphatic heterocycles. The highest BCUT2D eigenvalue weighted by atomic mass is 16.5. The molecule has 1 aliphatic rings. The number of nitrogens with zero attached hydrogens (tertiary/aromatic N) is 2. The Bertz CT molecular complexity index is 4550. The number of hydrogen-bond donors (Lipinski definition) is 0. The molecule has 0 fully saturated rings.